The fourth-order valence-corrected chi connectivity index (χ4v) is 4.76. The van der Waals surface area contributed by atoms with Crippen molar-refractivity contribution >= 4 is 29.7 Å². The first-order valence-electron chi connectivity index (χ1n) is 13.6. The average Bonchev–Trinajstić information content (AvgIpc) is 2.89. The molecule has 8 heteroatoms. The Balaban J connectivity index is 2.53. The van der Waals surface area contributed by atoms with Gasteiger partial charge < -0.3 is 20.3 Å². The predicted octanol–water partition coefficient (Wildman–Crippen LogP) is 5.93. The first-order valence-corrected chi connectivity index (χ1v) is 15.0. The number of aryl methyl sites for hydroxylation is 1. The van der Waals surface area contributed by atoms with Crippen molar-refractivity contribution in [3.63, 3.8) is 0 Å². The molecule has 0 spiro atoms. The van der Waals surface area contributed by atoms with Gasteiger partial charge in [0.05, 0.1) is 0 Å². The Bertz CT molecular complexity index is 1100. The zero-order valence-electron chi connectivity index (χ0n) is 24.7. The van der Waals surface area contributed by atoms with Gasteiger partial charge in [-0.2, -0.15) is 11.8 Å². The molecule has 0 saturated carbocycles. The van der Waals surface area contributed by atoms with Crippen molar-refractivity contribution in [1.82, 2.24) is 15.5 Å². The van der Waals surface area contributed by atoms with E-state index in [0.29, 0.717) is 25.1 Å². The largest absolute Gasteiger partial charge is 0.444 e. The number of hydrogen-bond donors (Lipinski definition) is 2. The van der Waals surface area contributed by atoms with E-state index in [4.69, 9.17) is 4.74 Å². The highest BCUT2D eigenvalue weighted by atomic mass is 32.2. The van der Waals surface area contributed by atoms with Crippen LogP contribution in [0.25, 0.3) is 0 Å². The van der Waals surface area contributed by atoms with Crippen LogP contribution in [0.5, 0.6) is 0 Å². The first-order chi connectivity index (χ1) is 18.4. The summed E-state index contributed by atoms with van der Waals surface area (Å²) in [7, 11) is 0. The third kappa shape index (κ3) is 9.60. The van der Waals surface area contributed by atoms with Gasteiger partial charge in [-0.3, -0.25) is 9.59 Å². The molecule has 0 aliphatic rings. The molecule has 3 unspecified atom stereocenters. The number of amides is 3. The number of nitrogens with zero attached hydrogens (tertiary/aromatic N) is 1. The van der Waals surface area contributed by atoms with Crippen LogP contribution in [0.1, 0.15) is 75.8 Å². The monoisotopic (exact) mass is 555 g/mol. The lowest BCUT2D eigenvalue weighted by Gasteiger charge is -2.39. The van der Waals surface area contributed by atoms with Gasteiger partial charge in [-0.15, -0.1) is 0 Å². The Morgan fingerprint density at radius 2 is 1.69 bits per heavy atom. The van der Waals surface area contributed by atoms with Gasteiger partial charge in [0, 0.05) is 12.6 Å². The second-order valence-electron chi connectivity index (χ2n) is 10.9. The Morgan fingerprint density at radius 1 is 1.03 bits per heavy atom. The predicted molar refractivity (Wildman–Crippen MR) is 160 cm³/mol. The highest BCUT2D eigenvalue weighted by Crippen LogP contribution is 2.30. The smallest absolute Gasteiger partial charge is 0.408 e. The number of thioether (sulfide) groups is 1. The summed E-state index contributed by atoms with van der Waals surface area (Å²) in [5, 5.41) is 5.86. The number of hydrogen-bond acceptors (Lipinski definition) is 5. The summed E-state index contributed by atoms with van der Waals surface area (Å²) in [6, 6.07) is 13.6. The molecule has 3 atom stereocenters. The summed E-state index contributed by atoms with van der Waals surface area (Å²) in [5.41, 5.74) is 3.04. The molecule has 2 rings (SSSR count). The van der Waals surface area contributed by atoms with Crippen molar-refractivity contribution < 1.29 is 19.1 Å². The van der Waals surface area contributed by atoms with E-state index in [2.05, 4.69) is 10.6 Å². The molecule has 2 N–H and O–H groups in total. The first kappa shape index (κ1) is 32.2. The maximum atomic E-state index is 14.3. The van der Waals surface area contributed by atoms with E-state index in [1.165, 1.54) is 0 Å². The molecule has 3 amide bonds. The molecule has 7 nitrogen and oxygen atoms in total. The van der Waals surface area contributed by atoms with Gasteiger partial charge in [0.25, 0.3) is 0 Å². The van der Waals surface area contributed by atoms with Gasteiger partial charge in [-0.05, 0) is 88.6 Å². The highest BCUT2D eigenvalue weighted by molar-refractivity contribution is 7.98. The van der Waals surface area contributed by atoms with Crippen LogP contribution < -0.4 is 10.6 Å². The maximum absolute atomic E-state index is 14.3. The van der Waals surface area contributed by atoms with Crippen molar-refractivity contribution in [2.24, 2.45) is 0 Å². The lowest BCUT2D eigenvalue weighted by atomic mass is 9.93. The van der Waals surface area contributed by atoms with Crippen LogP contribution >= 0.6 is 11.8 Å². The number of carbonyl (C=O) groups excluding carboxylic acids is 3. The molecule has 39 heavy (non-hydrogen) atoms. The zero-order chi connectivity index (χ0) is 29.2. The fourth-order valence-electron chi connectivity index (χ4n) is 4.29. The van der Waals surface area contributed by atoms with Crippen LogP contribution in [0.3, 0.4) is 0 Å². The van der Waals surface area contributed by atoms with Crippen LogP contribution in [-0.4, -0.2) is 52.5 Å². The van der Waals surface area contributed by atoms with E-state index >= 15 is 0 Å². The van der Waals surface area contributed by atoms with Gasteiger partial charge in [0.15, 0.2) is 0 Å². The molecule has 0 fully saturated rings. The van der Waals surface area contributed by atoms with Crippen LogP contribution in [0, 0.1) is 13.8 Å². The molecule has 0 radical (unpaired) electrons. The number of benzene rings is 2. The zero-order valence-corrected chi connectivity index (χ0v) is 25.5. The molecule has 0 saturated heterocycles. The number of carbonyl (C=O) groups is 3. The average molecular weight is 556 g/mol. The summed E-state index contributed by atoms with van der Waals surface area (Å²) in [6.07, 6.45) is 2.36. The molecule has 0 aliphatic carbocycles. The third-order valence-electron chi connectivity index (χ3n) is 6.70. The molecule has 2 aromatic carbocycles. The number of nitrogens with one attached hydrogen (secondary N) is 2. The van der Waals surface area contributed by atoms with Gasteiger partial charge in [-0.25, -0.2) is 4.79 Å². The summed E-state index contributed by atoms with van der Waals surface area (Å²) in [6.45, 7) is 13.6. The normalized spacial score (nSPS) is 13.6. The molecule has 0 aliphatic heterocycles. The van der Waals surface area contributed by atoms with Crippen molar-refractivity contribution in [2.45, 2.75) is 91.6 Å². The Hall–Kier alpha value is -3.00. The van der Waals surface area contributed by atoms with Gasteiger partial charge in [0.2, 0.25) is 11.8 Å². The molecule has 214 valence electrons. The van der Waals surface area contributed by atoms with Crippen LogP contribution in [-0.2, 0) is 20.9 Å². The molecule has 0 heterocycles. The highest BCUT2D eigenvalue weighted by Gasteiger charge is 2.39. The van der Waals surface area contributed by atoms with Gasteiger partial charge >= 0.3 is 6.09 Å². The van der Waals surface area contributed by atoms with Crippen molar-refractivity contribution in [3.8, 4) is 0 Å². The summed E-state index contributed by atoms with van der Waals surface area (Å²) in [5.74, 6) is 0.0987. The Morgan fingerprint density at radius 3 is 2.28 bits per heavy atom. The Kier molecular flexibility index (Phi) is 12.4. The van der Waals surface area contributed by atoms with E-state index in [-0.39, 0.29) is 17.9 Å². The van der Waals surface area contributed by atoms with Gasteiger partial charge in [-0.1, -0.05) is 55.5 Å². The summed E-state index contributed by atoms with van der Waals surface area (Å²) in [4.78, 5) is 42.7. The number of ether oxygens (including phenoxy) is 1. The SMILES string of the molecule is CCC(C)N(C(=O)C(CCSC)NC(=O)OC(C)(C)C)C(C(=O)NCc1ccccc1)c1cccc(C)c1C. The van der Waals surface area contributed by atoms with Crippen molar-refractivity contribution in [3.05, 3.63) is 70.8 Å². The van der Waals surface area contributed by atoms with Crippen LogP contribution in [0.2, 0.25) is 0 Å². The topological polar surface area (TPSA) is 87.7 Å². The van der Waals surface area contributed by atoms with E-state index < -0.39 is 23.8 Å². The quantitative estimate of drug-likeness (QED) is 0.339. The molecule has 0 bridgehead atoms. The summed E-state index contributed by atoms with van der Waals surface area (Å²) < 4.78 is 5.47. The van der Waals surface area contributed by atoms with Crippen LogP contribution in [0.15, 0.2) is 48.5 Å². The molecule has 2 aromatic rings. The Labute approximate surface area is 238 Å². The maximum Gasteiger partial charge on any atom is 0.408 e. The third-order valence-corrected chi connectivity index (χ3v) is 7.34. The van der Waals surface area contributed by atoms with Crippen LogP contribution in [0.4, 0.5) is 4.79 Å². The van der Waals surface area contributed by atoms with E-state index in [0.717, 1.165) is 22.3 Å². The minimum Gasteiger partial charge on any atom is -0.444 e. The number of rotatable bonds is 12. The fraction of sp³-hybridized carbons (Fsp3) is 0.516. The van der Waals surface area contributed by atoms with Crippen molar-refractivity contribution in [2.75, 3.05) is 12.0 Å². The second-order valence-corrected chi connectivity index (χ2v) is 11.9. The van der Waals surface area contributed by atoms with E-state index in [9.17, 15) is 14.4 Å². The second kappa shape index (κ2) is 15.0. The standard InChI is InChI=1S/C31H45N3O4S/c1-9-22(3)34(29(36)26(18-19-39-8)33-30(37)38-31(5,6)7)27(25-17-13-14-21(2)23(25)4)28(35)32-20-24-15-11-10-12-16-24/h10-17,22,26-27H,9,18-20H2,1-8H3,(H,32,35)(H,33,37). The van der Waals surface area contributed by atoms with E-state index in [1.807, 2.05) is 82.5 Å². The van der Waals surface area contributed by atoms with E-state index in [1.54, 1.807) is 37.4 Å². The molecular formula is C31H45N3O4S. The van der Waals surface area contributed by atoms with Gasteiger partial charge in [0.1, 0.15) is 17.7 Å². The summed E-state index contributed by atoms with van der Waals surface area (Å²) >= 11 is 1.59. The lowest BCUT2D eigenvalue weighted by molar-refractivity contribution is -0.145. The minimum atomic E-state index is -0.867. The minimum absolute atomic E-state index is 0.262. The molecule has 0 aromatic heterocycles. The molecular weight excluding hydrogens is 510 g/mol. The lowest BCUT2D eigenvalue weighted by Crippen LogP contribution is -2.55. The number of alkyl carbamates (subject to hydrolysis) is 1. The van der Waals surface area contributed by atoms with Crippen molar-refractivity contribution in [1.29, 1.82) is 0 Å².